The van der Waals surface area contributed by atoms with E-state index in [1.54, 1.807) is 11.3 Å². The van der Waals surface area contributed by atoms with Crippen molar-refractivity contribution in [3.8, 4) is 0 Å². The van der Waals surface area contributed by atoms with Crippen LogP contribution in [-0.2, 0) is 0 Å². The molecule has 0 atom stereocenters. The number of nitrogens with zero attached hydrogens (tertiary/aromatic N) is 1. The fraction of sp³-hybridized carbons (Fsp3) is 0.100. The molecular weight excluding hydrogens is 316 g/mol. The Hall–Kier alpha value is -2.72. The molecule has 2 aromatic heterocycles. The third-order valence-electron chi connectivity index (χ3n) is 4.30. The molecule has 2 aromatic carbocycles. The van der Waals surface area contributed by atoms with Gasteiger partial charge in [0.25, 0.3) is 5.56 Å². The van der Waals surface area contributed by atoms with Crippen LogP contribution < -0.4 is 5.56 Å². The molecule has 0 amide bonds. The molecule has 4 heteroatoms. The summed E-state index contributed by atoms with van der Waals surface area (Å²) in [6.45, 7) is 3.99. The smallest absolute Gasteiger partial charge is 0.260 e. The highest BCUT2D eigenvalue weighted by molar-refractivity contribution is 7.18. The number of thiophene rings is 1. The Balaban J connectivity index is 1.81. The molecule has 0 aliphatic heterocycles. The van der Waals surface area contributed by atoms with E-state index < -0.39 is 0 Å². The second kappa shape index (κ2) is 5.73. The minimum absolute atomic E-state index is 0.0700. The quantitative estimate of drug-likeness (QED) is 0.566. The van der Waals surface area contributed by atoms with Crippen LogP contribution in [0.25, 0.3) is 33.1 Å². The second-order valence-electron chi connectivity index (χ2n) is 5.82. The molecule has 0 bridgehead atoms. The molecule has 4 aromatic rings. The van der Waals surface area contributed by atoms with E-state index >= 15 is 0 Å². The lowest BCUT2D eigenvalue weighted by Gasteiger charge is -2.01. The number of H-pyrrole nitrogens is 1. The van der Waals surface area contributed by atoms with Crippen LogP contribution >= 0.6 is 11.3 Å². The lowest BCUT2D eigenvalue weighted by Crippen LogP contribution is -2.09. The minimum Gasteiger partial charge on any atom is -0.306 e. The van der Waals surface area contributed by atoms with E-state index in [9.17, 15) is 4.79 Å². The van der Waals surface area contributed by atoms with Gasteiger partial charge >= 0.3 is 0 Å². The number of aromatic nitrogens is 2. The van der Waals surface area contributed by atoms with Gasteiger partial charge in [0.1, 0.15) is 10.7 Å². The highest BCUT2D eigenvalue weighted by Gasteiger charge is 2.10. The van der Waals surface area contributed by atoms with Gasteiger partial charge in [-0.1, -0.05) is 48.5 Å². The molecule has 24 heavy (non-hydrogen) atoms. The summed E-state index contributed by atoms with van der Waals surface area (Å²) in [4.78, 5) is 21.7. The SMILES string of the molecule is Cc1sc2nc(/C=C/c3cccc4ccccc34)[nH]c(=O)c2c1C. The van der Waals surface area contributed by atoms with E-state index in [0.717, 1.165) is 20.8 Å². The van der Waals surface area contributed by atoms with Crippen LogP contribution in [0.3, 0.4) is 0 Å². The van der Waals surface area contributed by atoms with Crippen molar-refractivity contribution in [2.75, 3.05) is 0 Å². The van der Waals surface area contributed by atoms with Crippen LogP contribution in [0, 0.1) is 13.8 Å². The summed E-state index contributed by atoms with van der Waals surface area (Å²) in [6.07, 6.45) is 3.87. The first-order valence-electron chi connectivity index (χ1n) is 7.79. The molecule has 0 saturated carbocycles. The largest absolute Gasteiger partial charge is 0.306 e. The molecule has 0 fully saturated rings. The van der Waals surface area contributed by atoms with Gasteiger partial charge in [-0.25, -0.2) is 4.98 Å². The lowest BCUT2D eigenvalue weighted by atomic mass is 10.0. The average Bonchev–Trinajstić information content (AvgIpc) is 2.87. The van der Waals surface area contributed by atoms with Gasteiger partial charge in [0.05, 0.1) is 5.39 Å². The topological polar surface area (TPSA) is 45.8 Å². The molecule has 0 spiro atoms. The highest BCUT2D eigenvalue weighted by atomic mass is 32.1. The summed E-state index contributed by atoms with van der Waals surface area (Å²) in [7, 11) is 0. The Labute approximate surface area is 143 Å². The maximum absolute atomic E-state index is 12.3. The summed E-state index contributed by atoms with van der Waals surface area (Å²) in [5, 5.41) is 3.09. The molecular formula is C20H16N2OS. The van der Waals surface area contributed by atoms with Crippen LogP contribution in [-0.4, -0.2) is 9.97 Å². The summed E-state index contributed by atoms with van der Waals surface area (Å²) >= 11 is 1.57. The first kappa shape index (κ1) is 14.8. The first-order chi connectivity index (χ1) is 11.6. The molecule has 0 saturated heterocycles. The van der Waals surface area contributed by atoms with Gasteiger partial charge in [-0.3, -0.25) is 4.79 Å². The van der Waals surface area contributed by atoms with Gasteiger partial charge < -0.3 is 4.98 Å². The number of benzene rings is 2. The van der Waals surface area contributed by atoms with Crippen LogP contribution in [0.2, 0.25) is 0 Å². The molecule has 0 unspecified atom stereocenters. The van der Waals surface area contributed by atoms with Crippen LogP contribution in [0.4, 0.5) is 0 Å². The van der Waals surface area contributed by atoms with E-state index in [-0.39, 0.29) is 5.56 Å². The number of rotatable bonds is 2. The van der Waals surface area contributed by atoms with Crippen molar-refractivity contribution in [1.29, 1.82) is 0 Å². The number of hydrogen-bond donors (Lipinski definition) is 1. The van der Waals surface area contributed by atoms with E-state index in [1.807, 2.05) is 44.2 Å². The summed E-state index contributed by atoms with van der Waals surface area (Å²) in [6, 6.07) is 14.4. The highest BCUT2D eigenvalue weighted by Crippen LogP contribution is 2.26. The standard InChI is InChI=1S/C20H16N2OS/c1-12-13(2)24-20-18(12)19(23)21-17(22-20)11-10-15-8-5-7-14-6-3-4-9-16(14)15/h3-11H,1-2H3,(H,21,22,23)/b11-10+. The predicted molar refractivity (Wildman–Crippen MR) is 103 cm³/mol. The summed E-state index contributed by atoms with van der Waals surface area (Å²) < 4.78 is 0. The number of aromatic amines is 1. The summed E-state index contributed by atoms with van der Waals surface area (Å²) in [5.41, 5.74) is 2.06. The van der Waals surface area contributed by atoms with Gasteiger partial charge in [0.15, 0.2) is 0 Å². The molecule has 3 nitrogen and oxygen atoms in total. The Morgan fingerprint density at radius 1 is 1.04 bits per heavy atom. The molecule has 2 heterocycles. The zero-order chi connectivity index (χ0) is 16.7. The van der Waals surface area contributed by atoms with E-state index in [1.165, 1.54) is 10.8 Å². The zero-order valence-electron chi connectivity index (χ0n) is 13.5. The van der Waals surface area contributed by atoms with Gasteiger partial charge in [-0.15, -0.1) is 11.3 Å². The molecule has 0 aliphatic rings. The fourth-order valence-electron chi connectivity index (χ4n) is 2.91. The fourth-order valence-corrected chi connectivity index (χ4v) is 3.95. The zero-order valence-corrected chi connectivity index (χ0v) is 14.3. The monoisotopic (exact) mass is 332 g/mol. The third kappa shape index (κ3) is 2.45. The van der Waals surface area contributed by atoms with Crippen molar-refractivity contribution in [2.24, 2.45) is 0 Å². The molecule has 1 N–H and O–H groups in total. The van der Waals surface area contributed by atoms with Gasteiger partial charge in [-0.05, 0) is 41.8 Å². The van der Waals surface area contributed by atoms with E-state index in [4.69, 9.17) is 0 Å². The van der Waals surface area contributed by atoms with Gasteiger partial charge in [0, 0.05) is 4.88 Å². The average molecular weight is 332 g/mol. The van der Waals surface area contributed by atoms with Crippen molar-refractivity contribution in [3.63, 3.8) is 0 Å². The Morgan fingerprint density at radius 3 is 2.71 bits per heavy atom. The van der Waals surface area contributed by atoms with Crippen LogP contribution in [0.15, 0.2) is 47.3 Å². The number of nitrogens with one attached hydrogen (secondary N) is 1. The lowest BCUT2D eigenvalue weighted by molar-refractivity contribution is 1.15. The maximum atomic E-state index is 12.3. The molecule has 118 valence electrons. The Morgan fingerprint density at radius 2 is 1.83 bits per heavy atom. The molecule has 4 rings (SSSR count). The van der Waals surface area contributed by atoms with Crippen molar-refractivity contribution in [2.45, 2.75) is 13.8 Å². The number of fused-ring (bicyclic) bond motifs is 2. The van der Waals surface area contributed by atoms with Crippen LogP contribution in [0.1, 0.15) is 21.8 Å². The normalized spacial score (nSPS) is 11.8. The van der Waals surface area contributed by atoms with Crippen molar-refractivity contribution >= 4 is 44.5 Å². The minimum atomic E-state index is -0.0700. The maximum Gasteiger partial charge on any atom is 0.260 e. The number of hydrogen-bond acceptors (Lipinski definition) is 3. The van der Waals surface area contributed by atoms with Crippen molar-refractivity contribution in [3.05, 3.63) is 74.6 Å². The van der Waals surface area contributed by atoms with Gasteiger partial charge in [-0.2, -0.15) is 0 Å². The van der Waals surface area contributed by atoms with E-state index in [2.05, 4.69) is 34.2 Å². The second-order valence-corrected chi connectivity index (χ2v) is 7.02. The van der Waals surface area contributed by atoms with Crippen LogP contribution in [0.5, 0.6) is 0 Å². The van der Waals surface area contributed by atoms with Crippen molar-refractivity contribution in [1.82, 2.24) is 9.97 Å². The number of aryl methyl sites for hydroxylation is 2. The van der Waals surface area contributed by atoms with E-state index in [0.29, 0.717) is 11.2 Å². The molecule has 0 radical (unpaired) electrons. The van der Waals surface area contributed by atoms with Gasteiger partial charge in [0.2, 0.25) is 0 Å². The van der Waals surface area contributed by atoms with Crippen molar-refractivity contribution < 1.29 is 0 Å². The first-order valence-corrected chi connectivity index (χ1v) is 8.61. The summed E-state index contributed by atoms with van der Waals surface area (Å²) in [5.74, 6) is 0.585. The molecule has 0 aliphatic carbocycles. The Bertz CT molecular complexity index is 1150. The predicted octanol–water partition coefficient (Wildman–Crippen LogP) is 4.93. The third-order valence-corrected chi connectivity index (χ3v) is 5.40. The Kier molecular flexibility index (Phi) is 3.54.